The van der Waals surface area contributed by atoms with Crippen LogP contribution in [-0.2, 0) is 9.53 Å². The largest absolute Gasteiger partial charge is 0.463 e. The third kappa shape index (κ3) is 5.03. The molecule has 0 aromatic heterocycles. The van der Waals surface area contributed by atoms with E-state index in [0.29, 0.717) is 6.54 Å². The van der Waals surface area contributed by atoms with Crippen molar-refractivity contribution in [3.8, 4) is 0 Å². The molecule has 0 aromatic rings. The fraction of sp³-hybridized carbons (Fsp3) is 0.857. The van der Waals surface area contributed by atoms with Gasteiger partial charge in [-0.15, -0.1) is 0 Å². The summed E-state index contributed by atoms with van der Waals surface area (Å²) in [4.78, 5) is 12.2. The number of nitrogens with zero attached hydrogens (tertiary/aromatic N) is 1. The van der Waals surface area contributed by atoms with Crippen molar-refractivity contribution in [3.63, 3.8) is 0 Å². The highest BCUT2D eigenvalue weighted by Crippen LogP contribution is 1.86. The molecule has 0 amide bonds. The molecule has 1 atom stereocenters. The van der Waals surface area contributed by atoms with E-state index in [1.807, 2.05) is 0 Å². The maximum absolute atomic E-state index is 11.8. The second-order valence-electron chi connectivity index (χ2n) is 2.66. The highest BCUT2D eigenvalue weighted by molar-refractivity contribution is 5.74. The number of rotatable bonds is 5. The van der Waals surface area contributed by atoms with Crippen LogP contribution in [0.25, 0.3) is 0 Å². The molecule has 0 aliphatic carbocycles. The van der Waals surface area contributed by atoms with Crippen molar-refractivity contribution >= 4 is 5.97 Å². The summed E-state index contributed by atoms with van der Waals surface area (Å²) in [6.45, 7) is 1.56. The summed E-state index contributed by atoms with van der Waals surface area (Å²) >= 11 is 0. The summed E-state index contributed by atoms with van der Waals surface area (Å²) in [5.41, 5.74) is 5.22. The van der Waals surface area contributed by atoms with Crippen molar-refractivity contribution in [1.29, 1.82) is 0 Å². The molecule has 4 nitrogen and oxygen atoms in total. The molecule has 0 radical (unpaired) electrons. The van der Waals surface area contributed by atoms with Gasteiger partial charge < -0.3 is 10.5 Å². The minimum atomic E-state index is -0.610. The van der Waals surface area contributed by atoms with Crippen LogP contribution < -0.4 is 5.73 Å². The van der Waals surface area contributed by atoms with Crippen molar-refractivity contribution in [2.45, 2.75) is 13.0 Å². The highest BCUT2D eigenvalue weighted by Gasteiger charge is 2.08. The van der Waals surface area contributed by atoms with Crippen molar-refractivity contribution < 1.29 is 13.9 Å². The first kappa shape index (κ1) is 11.3. The lowest BCUT2D eigenvalue weighted by molar-refractivity contribution is -0.145. The van der Waals surface area contributed by atoms with Gasteiger partial charge in [-0.2, -0.15) is 0 Å². The highest BCUT2D eigenvalue weighted by atomic mass is 19.1. The molecule has 1 unspecified atom stereocenters. The van der Waals surface area contributed by atoms with Gasteiger partial charge in [-0.1, -0.05) is 0 Å². The van der Waals surface area contributed by atoms with Crippen molar-refractivity contribution in [3.05, 3.63) is 0 Å². The third-order valence-corrected chi connectivity index (χ3v) is 1.29. The van der Waals surface area contributed by atoms with Crippen LogP contribution in [0.3, 0.4) is 0 Å². The van der Waals surface area contributed by atoms with Gasteiger partial charge in [-0.05, 0) is 14.0 Å². The third-order valence-electron chi connectivity index (χ3n) is 1.29. The van der Waals surface area contributed by atoms with Gasteiger partial charge in [-0.3, -0.25) is 9.69 Å². The van der Waals surface area contributed by atoms with Crippen molar-refractivity contribution in [2.24, 2.45) is 5.73 Å². The molecule has 0 aromatic carbocycles. The van der Waals surface area contributed by atoms with E-state index < -0.39 is 18.8 Å². The SMILES string of the molecule is CC(N)C(=O)OCCN(C)CF. The zero-order chi connectivity index (χ0) is 9.56. The molecule has 72 valence electrons. The Bertz CT molecular complexity index is 141. The number of likely N-dealkylation sites (N-methyl/N-ethyl adjacent to an activating group) is 1. The van der Waals surface area contributed by atoms with Gasteiger partial charge in [0.2, 0.25) is 0 Å². The molecule has 0 saturated heterocycles. The summed E-state index contributed by atoms with van der Waals surface area (Å²) in [6.07, 6.45) is 0. The summed E-state index contributed by atoms with van der Waals surface area (Å²) < 4.78 is 16.5. The van der Waals surface area contributed by atoms with Crippen LogP contribution in [0.5, 0.6) is 0 Å². The molecule has 0 bridgehead atoms. The summed E-state index contributed by atoms with van der Waals surface area (Å²) in [6, 6.07) is -0.610. The Balaban J connectivity index is 3.37. The van der Waals surface area contributed by atoms with Crippen LogP contribution in [-0.4, -0.2) is 43.9 Å². The van der Waals surface area contributed by atoms with Crippen LogP contribution in [0.4, 0.5) is 4.39 Å². The molecule has 5 heteroatoms. The lowest BCUT2D eigenvalue weighted by Crippen LogP contribution is -2.31. The monoisotopic (exact) mass is 178 g/mol. The molecule has 0 aliphatic heterocycles. The van der Waals surface area contributed by atoms with E-state index in [1.165, 1.54) is 4.90 Å². The number of alkyl halides is 1. The number of hydrogen-bond acceptors (Lipinski definition) is 4. The molecular formula is C7H15FN2O2. The zero-order valence-electron chi connectivity index (χ0n) is 7.42. The molecule has 0 rings (SSSR count). The van der Waals surface area contributed by atoms with Crippen LogP contribution in [0.15, 0.2) is 0 Å². The quantitative estimate of drug-likeness (QED) is 0.465. The predicted octanol–water partition coefficient (Wildman–Crippen LogP) is -0.264. The second-order valence-corrected chi connectivity index (χ2v) is 2.66. The van der Waals surface area contributed by atoms with Gasteiger partial charge in [0.05, 0.1) is 0 Å². The van der Waals surface area contributed by atoms with E-state index in [0.717, 1.165) is 0 Å². The Kier molecular flexibility index (Phi) is 5.57. The minimum Gasteiger partial charge on any atom is -0.463 e. The van der Waals surface area contributed by atoms with Gasteiger partial charge in [0.25, 0.3) is 0 Å². The summed E-state index contributed by atoms with van der Waals surface area (Å²) in [7, 11) is 1.60. The lowest BCUT2D eigenvalue weighted by atomic mass is 10.4. The summed E-state index contributed by atoms with van der Waals surface area (Å²) in [5, 5.41) is 0. The smallest absolute Gasteiger partial charge is 0.322 e. The number of nitrogens with two attached hydrogens (primary N) is 1. The van der Waals surface area contributed by atoms with E-state index in [2.05, 4.69) is 0 Å². The number of ether oxygens (including phenoxy) is 1. The summed E-state index contributed by atoms with van der Waals surface area (Å²) in [5.74, 6) is -0.456. The zero-order valence-corrected chi connectivity index (χ0v) is 7.42. The maximum atomic E-state index is 11.8. The average Bonchev–Trinajstić information content (AvgIpc) is 2.03. The first-order valence-electron chi connectivity index (χ1n) is 3.74. The van der Waals surface area contributed by atoms with Gasteiger partial charge in [-0.25, -0.2) is 4.39 Å². The molecule has 0 heterocycles. The first-order chi connectivity index (χ1) is 5.57. The molecule has 2 N–H and O–H groups in total. The van der Waals surface area contributed by atoms with E-state index in [-0.39, 0.29) is 6.61 Å². The lowest BCUT2D eigenvalue weighted by Gasteiger charge is -2.12. The van der Waals surface area contributed by atoms with Crippen LogP contribution in [0, 0.1) is 0 Å². The Hall–Kier alpha value is -0.680. The number of carbonyl (C=O) groups is 1. The number of esters is 1. The fourth-order valence-electron chi connectivity index (χ4n) is 0.493. The van der Waals surface area contributed by atoms with E-state index in [4.69, 9.17) is 10.5 Å². The second kappa shape index (κ2) is 5.91. The van der Waals surface area contributed by atoms with E-state index in [1.54, 1.807) is 14.0 Å². The van der Waals surface area contributed by atoms with Gasteiger partial charge in [0.15, 0.2) is 0 Å². The standard InChI is InChI=1S/C7H15FN2O2/c1-6(9)7(11)12-4-3-10(2)5-8/h6H,3-5,9H2,1-2H3. The molecule has 0 saturated carbocycles. The van der Waals surface area contributed by atoms with E-state index >= 15 is 0 Å². The topological polar surface area (TPSA) is 55.6 Å². The van der Waals surface area contributed by atoms with E-state index in [9.17, 15) is 9.18 Å². The van der Waals surface area contributed by atoms with Crippen molar-refractivity contribution in [2.75, 3.05) is 27.0 Å². The van der Waals surface area contributed by atoms with Gasteiger partial charge >= 0.3 is 5.97 Å². The number of hydrogen-bond donors (Lipinski definition) is 1. The fourth-order valence-corrected chi connectivity index (χ4v) is 0.493. The van der Waals surface area contributed by atoms with Gasteiger partial charge in [0.1, 0.15) is 19.4 Å². The Labute approximate surface area is 71.5 Å². The van der Waals surface area contributed by atoms with Crippen LogP contribution >= 0.6 is 0 Å². The molecule has 12 heavy (non-hydrogen) atoms. The molecule has 0 spiro atoms. The average molecular weight is 178 g/mol. The molecular weight excluding hydrogens is 163 g/mol. The first-order valence-corrected chi connectivity index (χ1v) is 3.74. The Morgan fingerprint density at radius 3 is 2.75 bits per heavy atom. The maximum Gasteiger partial charge on any atom is 0.322 e. The normalized spacial score (nSPS) is 13.1. The Morgan fingerprint density at radius 2 is 2.33 bits per heavy atom. The predicted molar refractivity (Wildman–Crippen MR) is 43.2 cm³/mol. The van der Waals surface area contributed by atoms with Crippen molar-refractivity contribution in [1.82, 2.24) is 4.90 Å². The van der Waals surface area contributed by atoms with Crippen LogP contribution in [0.1, 0.15) is 6.92 Å². The molecule has 0 fully saturated rings. The minimum absolute atomic E-state index is 0.181. The van der Waals surface area contributed by atoms with Crippen LogP contribution in [0.2, 0.25) is 0 Å². The number of halogens is 1. The Morgan fingerprint density at radius 1 is 1.75 bits per heavy atom. The van der Waals surface area contributed by atoms with Gasteiger partial charge in [0, 0.05) is 6.54 Å². The molecule has 0 aliphatic rings. The number of carbonyl (C=O) groups excluding carboxylic acids is 1.